The Balaban J connectivity index is 1.66. The van der Waals surface area contributed by atoms with Gasteiger partial charge in [-0.15, -0.1) is 5.10 Å². The summed E-state index contributed by atoms with van der Waals surface area (Å²) in [5, 5.41) is 13.2. The predicted molar refractivity (Wildman–Crippen MR) is 117 cm³/mol. The second-order valence-electron chi connectivity index (χ2n) is 7.68. The molecule has 31 heavy (non-hydrogen) atoms. The van der Waals surface area contributed by atoms with Gasteiger partial charge < -0.3 is 10.5 Å². The molecule has 0 unspecified atom stereocenters. The summed E-state index contributed by atoms with van der Waals surface area (Å²) < 4.78 is 7.04. The number of ether oxygens (including phenoxy) is 1. The first-order valence-electron chi connectivity index (χ1n) is 10.2. The summed E-state index contributed by atoms with van der Waals surface area (Å²) in [6.07, 6.45) is 1.41. The van der Waals surface area contributed by atoms with Crippen molar-refractivity contribution in [1.82, 2.24) is 25.1 Å². The molecule has 1 atom stereocenters. The van der Waals surface area contributed by atoms with E-state index in [2.05, 4.69) is 20.4 Å². The lowest BCUT2D eigenvalue weighted by molar-refractivity contribution is -0.123. The molecule has 1 aromatic heterocycles. The van der Waals surface area contributed by atoms with Crippen molar-refractivity contribution in [2.75, 3.05) is 20.2 Å². The molecule has 1 saturated heterocycles. The number of tetrazole rings is 1. The van der Waals surface area contributed by atoms with Crippen LogP contribution in [0.5, 0.6) is 5.75 Å². The van der Waals surface area contributed by atoms with E-state index in [0.717, 1.165) is 16.9 Å². The summed E-state index contributed by atoms with van der Waals surface area (Å²) >= 11 is 6.59. The van der Waals surface area contributed by atoms with Crippen molar-refractivity contribution < 1.29 is 9.53 Å². The topological polar surface area (TPSA) is 99.2 Å². The van der Waals surface area contributed by atoms with E-state index in [1.807, 2.05) is 48.5 Å². The van der Waals surface area contributed by atoms with Crippen LogP contribution in [0.4, 0.5) is 0 Å². The number of benzene rings is 2. The highest BCUT2D eigenvalue weighted by molar-refractivity contribution is 6.31. The van der Waals surface area contributed by atoms with Gasteiger partial charge in [0, 0.05) is 10.9 Å². The lowest BCUT2D eigenvalue weighted by atomic mass is 9.93. The van der Waals surface area contributed by atoms with Crippen LogP contribution in [0.15, 0.2) is 48.5 Å². The third-order valence-electron chi connectivity index (χ3n) is 5.79. The molecule has 0 aliphatic carbocycles. The average Bonchev–Trinajstić information content (AvgIpc) is 3.24. The van der Waals surface area contributed by atoms with E-state index in [4.69, 9.17) is 22.1 Å². The molecule has 1 amide bonds. The summed E-state index contributed by atoms with van der Waals surface area (Å²) in [6.45, 7) is 1.93. The zero-order chi connectivity index (χ0) is 21.8. The lowest BCUT2D eigenvalue weighted by Gasteiger charge is -2.36. The summed E-state index contributed by atoms with van der Waals surface area (Å²) in [4.78, 5) is 13.9. The number of nitrogens with zero attached hydrogens (tertiary/aromatic N) is 5. The summed E-state index contributed by atoms with van der Waals surface area (Å²) in [7, 11) is 1.64. The van der Waals surface area contributed by atoms with Crippen LogP contribution in [0, 0.1) is 5.92 Å². The van der Waals surface area contributed by atoms with Gasteiger partial charge in [-0.05, 0) is 65.7 Å². The fraction of sp³-hybridized carbons (Fsp3) is 0.364. The third-order valence-corrected chi connectivity index (χ3v) is 6.14. The normalized spacial score (nSPS) is 16.2. The Hall–Kier alpha value is -2.97. The number of likely N-dealkylation sites (tertiary alicyclic amines) is 1. The molecular weight excluding hydrogens is 416 g/mol. The van der Waals surface area contributed by atoms with E-state index in [1.165, 1.54) is 0 Å². The van der Waals surface area contributed by atoms with E-state index in [-0.39, 0.29) is 17.9 Å². The van der Waals surface area contributed by atoms with Crippen LogP contribution in [0.3, 0.4) is 0 Å². The first-order chi connectivity index (χ1) is 15.1. The van der Waals surface area contributed by atoms with E-state index in [9.17, 15) is 4.79 Å². The molecule has 9 heteroatoms. The van der Waals surface area contributed by atoms with E-state index in [1.54, 1.807) is 11.8 Å². The number of rotatable bonds is 7. The number of carbonyl (C=O) groups excluding carboxylic acids is 1. The minimum absolute atomic E-state index is 0.0987. The molecule has 0 bridgehead atoms. The van der Waals surface area contributed by atoms with Crippen molar-refractivity contribution in [2.24, 2.45) is 11.7 Å². The number of carbonyl (C=O) groups is 1. The van der Waals surface area contributed by atoms with Crippen LogP contribution in [-0.2, 0) is 11.3 Å². The molecule has 0 saturated carbocycles. The summed E-state index contributed by atoms with van der Waals surface area (Å²) in [5.41, 5.74) is 7.52. The molecule has 3 aromatic rings. The Labute approximate surface area is 185 Å². The molecule has 8 nitrogen and oxygen atoms in total. The molecule has 4 rings (SSSR count). The average molecular weight is 441 g/mol. The van der Waals surface area contributed by atoms with Gasteiger partial charge in [-0.25, -0.2) is 4.68 Å². The smallest absolute Gasteiger partial charge is 0.220 e. The van der Waals surface area contributed by atoms with E-state index >= 15 is 0 Å². The Morgan fingerprint density at radius 2 is 1.90 bits per heavy atom. The molecule has 0 radical (unpaired) electrons. The van der Waals surface area contributed by atoms with Gasteiger partial charge in [-0.1, -0.05) is 41.9 Å². The number of primary amides is 1. The molecule has 162 valence electrons. The molecule has 2 aromatic carbocycles. The molecule has 0 spiro atoms. The number of halogens is 1. The summed E-state index contributed by atoms with van der Waals surface area (Å²) in [5.74, 6) is 1.17. The highest BCUT2D eigenvalue weighted by Crippen LogP contribution is 2.35. The van der Waals surface area contributed by atoms with Crippen LogP contribution in [-0.4, -0.2) is 51.2 Å². The number of amides is 1. The first-order valence-corrected chi connectivity index (χ1v) is 10.6. The zero-order valence-corrected chi connectivity index (χ0v) is 18.1. The van der Waals surface area contributed by atoms with Gasteiger partial charge in [-0.3, -0.25) is 9.69 Å². The lowest BCUT2D eigenvalue weighted by Crippen LogP contribution is -2.41. The number of nitrogens with two attached hydrogens (primary N) is 1. The van der Waals surface area contributed by atoms with Crippen molar-refractivity contribution in [2.45, 2.75) is 25.4 Å². The number of aromatic nitrogens is 4. The Kier molecular flexibility index (Phi) is 6.48. The van der Waals surface area contributed by atoms with Crippen LogP contribution in [0.25, 0.3) is 0 Å². The third kappa shape index (κ3) is 4.70. The van der Waals surface area contributed by atoms with Gasteiger partial charge in [0.05, 0.1) is 19.7 Å². The van der Waals surface area contributed by atoms with Gasteiger partial charge in [0.2, 0.25) is 5.91 Å². The van der Waals surface area contributed by atoms with Crippen molar-refractivity contribution in [3.63, 3.8) is 0 Å². The van der Waals surface area contributed by atoms with Gasteiger partial charge >= 0.3 is 0 Å². The largest absolute Gasteiger partial charge is 0.497 e. The highest BCUT2D eigenvalue weighted by atomic mass is 35.5. The number of hydrogen-bond donors (Lipinski definition) is 1. The van der Waals surface area contributed by atoms with Crippen LogP contribution < -0.4 is 10.5 Å². The highest BCUT2D eigenvalue weighted by Gasteiger charge is 2.33. The quantitative estimate of drug-likeness (QED) is 0.606. The monoisotopic (exact) mass is 440 g/mol. The maximum Gasteiger partial charge on any atom is 0.220 e. The maximum absolute atomic E-state index is 11.6. The van der Waals surface area contributed by atoms with Crippen molar-refractivity contribution in [1.29, 1.82) is 0 Å². The fourth-order valence-electron chi connectivity index (χ4n) is 4.06. The molecular formula is C22H25ClN6O2. The predicted octanol–water partition coefficient (Wildman–Crippen LogP) is 2.67. The Morgan fingerprint density at radius 1 is 1.19 bits per heavy atom. The van der Waals surface area contributed by atoms with Gasteiger partial charge in [0.15, 0.2) is 5.82 Å². The van der Waals surface area contributed by atoms with Crippen LogP contribution in [0.2, 0.25) is 5.02 Å². The second kappa shape index (κ2) is 9.45. The summed E-state index contributed by atoms with van der Waals surface area (Å²) in [6, 6.07) is 15.3. The second-order valence-corrected chi connectivity index (χ2v) is 8.09. The number of piperidine rings is 1. The fourth-order valence-corrected chi connectivity index (χ4v) is 4.30. The zero-order valence-electron chi connectivity index (χ0n) is 17.3. The minimum Gasteiger partial charge on any atom is -0.497 e. The van der Waals surface area contributed by atoms with Crippen LogP contribution >= 0.6 is 11.6 Å². The number of methoxy groups -OCH3 is 1. The van der Waals surface area contributed by atoms with E-state index < -0.39 is 0 Å². The van der Waals surface area contributed by atoms with Crippen molar-refractivity contribution >= 4 is 17.5 Å². The number of hydrogen-bond acceptors (Lipinski definition) is 6. The van der Waals surface area contributed by atoms with Crippen molar-refractivity contribution in [3.05, 3.63) is 70.5 Å². The molecule has 1 fully saturated rings. The van der Waals surface area contributed by atoms with Crippen LogP contribution in [0.1, 0.15) is 35.8 Å². The molecule has 1 aliphatic rings. The van der Waals surface area contributed by atoms with E-state index in [0.29, 0.717) is 43.3 Å². The minimum atomic E-state index is -0.238. The Morgan fingerprint density at radius 3 is 2.55 bits per heavy atom. The van der Waals surface area contributed by atoms with Gasteiger partial charge in [0.1, 0.15) is 5.75 Å². The standard InChI is InChI=1S/C22H25ClN6O2/c1-31-17-8-6-15(7-9-17)14-29-22(25-26-27-29)20(18-4-2-3-5-19(18)23)28-12-10-16(11-13-28)21(24)30/h2-9,16,20H,10-14H2,1H3,(H2,24,30)/t20-/m0/s1. The van der Waals surface area contributed by atoms with Gasteiger partial charge in [0.25, 0.3) is 0 Å². The molecule has 1 aliphatic heterocycles. The molecule has 2 heterocycles. The SMILES string of the molecule is COc1ccc(Cn2nnnc2[C@H](c2ccccc2Cl)N2CCC(C(N)=O)CC2)cc1. The first kappa shape index (κ1) is 21.3. The maximum atomic E-state index is 11.6. The molecule has 2 N–H and O–H groups in total. The van der Waals surface area contributed by atoms with Crippen molar-refractivity contribution in [3.8, 4) is 5.75 Å². The van der Waals surface area contributed by atoms with Gasteiger partial charge in [-0.2, -0.15) is 0 Å². The Bertz CT molecular complexity index is 1030.